The molecular formula is C10H13NO3. The summed E-state index contributed by atoms with van der Waals surface area (Å²) in [6, 6.07) is 2.12. The first-order chi connectivity index (χ1) is 6.69. The van der Waals surface area contributed by atoms with Crippen LogP contribution in [-0.2, 0) is 14.3 Å². The van der Waals surface area contributed by atoms with Crippen molar-refractivity contribution in [2.24, 2.45) is 5.92 Å². The molecule has 76 valence electrons. The standard InChI is InChI=1S/C10H13NO3/c1-6(12)13-8-2-7-3-9(5-11)14-10(7)4-8/h7-10H,2-4H2,1H3/t7-,8-,9+,10-/m0/s1. The van der Waals surface area contributed by atoms with Gasteiger partial charge in [0, 0.05) is 13.3 Å². The van der Waals surface area contributed by atoms with Crippen LogP contribution in [0.25, 0.3) is 0 Å². The first kappa shape index (κ1) is 9.47. The van der Waals surface area contributed by atoms with E-state index >= 15 is 0 Å². The molecule has 0 N–H and O–H groups in total. The predicted molar refractivity (Wildman–Crippen MR) is 47.2 cm³/mol. The average molecular weight is 195 g/mol. The molecule has 0 unspecified atom stereocenters. The van der Waals surface area contributed by atoms with Crippen LogP contribution in [0.1, 0.15) is 26.2 Å². The Morgan fingerprint density at radius 2 is 2.29 bits per heavy atom. The van der Waals surface area contributed by atoms with Gasteiger partial charge in [0.05, 0.1) is 12.2 Å². The third-order valence-electron chi connectivity index (χ3n) is 2.92. The van der Waals surface area contributed by atoms with Crippen molar-refractivity contribution in [3.8, 4) is 6.07 Å². The molecule has 0 aromatic heterocycles. The van der Waals surface area contributed by atoms with E-state index in [9.17, 15) is 4.79 Å². The minimum absolute atomic E-state index is 0.00198. The Morgan fingerprint density at radius 3 is 2.86 bits per heavy atom. The average Bonchev–Trinajstić information content (AvgIpc) is 2.59. The molecule has 0 bridgehead atoms. The van der Waals surface area contributed by atoms with Gasteiger partial charge in [0.25, 0.3) is 0 Å². The van der Waals surface area contributed by atoms with Crippen molar-refractivity contribution < 1.29 is 14.3 Å². The van der Waals surface area contributed by atoms with Gasteiger partial charge >= 0.3 is 5.97 Å². The summed E-state index contributed by atoms with van der Waals surface area (Å²) in [7, 11) is 0. The second-order valence-corrected chi connectivity index (χ2v) is 3.99. The largest absolute Gasteiger partial charge is 0.462 e. The summed E-state index contributed by atoms with van der Waals surface area (Å²) in [5.74, 6) is 0.177. The van der Waals surface area contributed by atoms with E-state index in [0.717, 1.165) is 19.3 Å². The molecule has 0 amide bonds. The summed E-state index contributed by atoms with van der Waals surface area (Å²) in [6.07, 6.45) is 2.28. The van der Waals surface area contributed by atoms with E-state index in [4.69, 9.17) is 14.7 Å². The maximum Gasteiger partial charge on any atom is 0.302 e. The maximum atomic E-state index is 10.7. The van der Waals surface area contributed by atoms with Gasteiger partial charge in [-0.05, 0) is 18.8 Å². The van der Waals surface area contributed by atoms with Gasteiger partial charge in [0.1, 0.15) is 12.2 Å². The Labute approximate surface area is 82.8 Å². The van der Waals surface area contributed by atoms with Gasteiger partial charge < -0.3 is 9.47 Å². The Balaban J connectivity index is 1.88. The molecule has 1 saturated carbocycles. The summed E-state index contributed by atoms with van der Waals surface area (Å²) in [4.78, 5) is 10.7. The lowest BCUT2D eigenvalue weighted by Gasteiger charge is -2.11. The van der Waals surface area contributed by atoms with Crippen LogP contribution in [0.2, 0.25) is 0 Å². The van der Waals surface area contributed by atoms with Crippen LogP contribution < -0.4 is 0 Å². The van der Waals surface area contributed by atoms with Crippen LogP contribution in [0.3, 0.4) is 0 Å². The molecule has 4 heteroatoms. The quantitative estimate of drug-likeness (QED) is 0.586. The van der Waals surface area contributed by atoms with E-state index in [-0.39, 0.29) is 24.3 Å². The van der Waals surface area contributed by atoms with E-state index in [1.165, 1.54) is 6.92 Å². The van der Waals surface area contributed by atoms with E-state index in [1.807, 2.05) is 0 Å². The SMILES string of the molecule is CC(=O)O[C@H]1C[C@H]2C[C@H](C#N)O[C@H]2C1. The van der Waals surface area contributed by atoms with Crippen LogP contribution in [0.4, 0.5) is 0 Å². The molecule has 1 saturated heterocycles. The molecule has 2 rings (SSSR count). The Bertz CT molecular complexity index is 270. The van der Waals surface area contributed by atoms with Crippen molar-refractivity contribution >= 4 is 5.97 Å². The molecule has 2 aliphatic rings. The lowest BCUT2D eigenvalue weighted by atomic mass is 10.0. The zero-order valence-corrected chi connectivity index (χ0v) is 8.10. The molecule has 1 aliphatic carbocycles. The predicted octanol–water partition coefficient (Wildman–Crippen LogP) is 1.01. The molecular weight excluding hydrogens is 182 g/mol. The summed E-state index contributed by atoms with van der Waals surface area (Å²) in [6.45, 7) is 1.42. The summed E-state index contributed by atoms with van der Waals surface area (Å²) >= 11 is 0. The molecule has 0 spiro atoms. The highest BCUT2D eigenvalue weighted by Crippen LogP contribution is 2.40. The number of fused-ring (bicyclic) bond motifs is 1. The van der Waals surface area contributed by atoms with Gasteiger partial charge in [0.15, 0.2) is 0 Å². The number of esters is 1. The fraction of sp³-hybridized carbons (Fsp3) is 0.800. The number of carbonyl (C=O) groups is 1. The number of nitrogens with zero attached hydrogens (tertiary/aromatic N) is 1. The minimum Gasteiger partial charge on any atom is -0.462 e. The lowest BCUT2D eigenvalue weighted by molar-refractivity contribution is -0.146. The highest BCUT2D eigenvalue weighted by Gasteiger charge is 2.43. The summed E-state index contributed by atoms with van der Waals surface area (Å²) < 4.78 is 10.6. The van der Waals surface area contributed by atoms with E-state index in [1.54, 1.807) is 0 Å². The Kier molecular flexibility index (Phi) is 2.42. The molecule has 0 radical (unpaired) electrons. The highest BCUT2D eigenvalue weighted by molar-refractivity contribution is 5.66. The molecule has 2 fully saturated rings. The number of hydrogen-bond acceptors (Lipinski definition) is 4. The van der Waals surface area contributed by atoms with Crippen molar-refractivity contribution in [1.29, 1.82) is 5.26 Å². The van der Waals surface area contributed by atoms with Gasteiger partial charge in [-0.15, -0.1) is 0 Å². The fourth-order valence-electron chi connectivity index (χ4n) is 2.41. The second kappa shape index (κ2) is 3.58. The Hall–Kier alpha value is -1.08. The van der Waals surface area contributed by atoms with Crippen molar-refractivity contribution in [3.63, 3.8) is 0 Å². The van der Waals surface area contributed by atoms with E-state index in [2.05, 4.69) is 6.07 Å². The molecule has 4 atom stereocenters. The number of carbonyl (C=O) groups excluding carboxylic acids is 1. The van der Waals surface area contributed by atoms with E-state index < -0.39 is 0 Å². The van der Waals surface area contributed by atoms with Crippen molar-refractivity contribution in [2.75, 3.05) is 0 Å². The first-order valence-corrected chi connectivity index (χ1v) is 4.91. The van der Waals surface area contributed by atoms with E-state index in [0.29, 0.717) is 5.92 Å². The van der Waals surface area contributed by atoms with Gasteiger partial charge in [0.2, 0.25) is 0 Å². The zero-order valence-electron chi connectivity index (χ0n) is 8.10. The minimum atomic E-state index is -0.247. The maximum absolute atomic E-state index is 10.7. The van der Waals surface area contributed by atoms with Crippen molar-refractivity contribution in [3.05, 3.63) is 0 Å². The molecule has 14 heavy (non-hydrogen) atoms. The summed E-state index contributed by atoms with van der Waals surface area (Å²) in [5, 5.41) is 8.67. The monoisotopic (exact) mass is 195 g/mol. The molecule has 0 aromatic rings. The summed E-state index contributed by atoms with van der Waals surface area (Å²) in [5.41, 5.74) is 0. The molecule has 4 nitrogen and oxygen atoms in total. The molecule has 1 heterocycles. The first-order valence-electron chi connectivity index (χ1n) is 4.91. The normalized spacial score (nSPS) is 40.3. The van der Waals surface area contributed by atoms with Crippen LogP contribution in [-0.4, -0.2) is 24.3 Å². The number of nitriles is 1. The van der Waals surface area contributed by atoms with Gasteiger partial charge in [-0.2, -0.15) is 5.26 Å². The topological polar surface area (TPSA) is 59.3 Å². The van der Waals surface area contributed by atoms with Crippen LogP contribution in [0, 0.1) is 17.2 Å². The lowest BCUT2D eigenvalue weighted by Crippen LogP contribution is -2.16. The fourth-order valence-corrected chi connectivity index (χ4v) is 2.41. The highest BCUT2D eigenvalue weighted by atomic mass is 16.5. The van der Waals surface area contributed by atoms with Gasteiger partial charge in [-0.3, -0.25) is 4.79 Å². The number of ether oxygens (including phenoxy) is 2. The zero-order chi connectivity index (χ0) is 10.1. The van der Waals surface area contributed by atoms with Crippen LogP contribution in [0.15, 0.2) is 0 Å². The number of hydrogen-bond donors (Lipinski definition) is 0. The van der Waals surface area contributed by atoms with Gasteiger partial charge in [-0.25, -0.2) is 0 Å². The van der Waals surface area contributed by atoms with Crippen molar-refractivity contribution in [1.82, 2.24) is 0 Å². The molecule has 1 aliphatic heterocycles. The van der Waals surface area contributed by atoms with Crippen molar-refractivity contribution in [2.45, 2.75) is 44.5 Å². The third kappa shape index (κ3) is 1.73. The second-order valence-electron chi connectivity index (χ2n) is 3.99. The van der Waals surface area contributed by atoms with Crippen LogP contribution in [0.5, 0.6) is 0 Å². The Morgan fingerprint density at radius 1 is 1.50 bits per heavy atom. The third-order valence-corrected chi connectivity index (χ3v) is 2.92. The number of rotatable bonds is 1. The van der Waals surface area contributed by atoms with Crippen LogP contribution >= 0.6 is 0 Å². The smallest absolute Gasteiger partial charge is 0.302 e. The van der Waals surface area contributed by atoms with Gasteiger partial charge in [-0.1, -0.05) is 0 Å². The molecule has 0 aromatic carbocycles.